The second kappa shape index (κ2) is 8.30. The van der Waals surface area contributed by atoms with Crippen molar-refractivity contribution in [2.75, 3.05) is 11.9 Å². The van der Waals surface area contributed by atoms with Gasteiger partial charge in [0.25, 0.3) is 11.5 Å². The van der Waals surface area contributed by atoms with Crippen LogP contribution >= 0.6 is 11.3 Å². The number of aromatic nitrogens is 2. The topological polar surface area (TPSA) is 81.0 Å². The van der Waals surface area contributed by atoms with Crippen molar-refractivity contribution in [1.29, 1.82) is 0 Å². The first-order chi connectivity index (χ1) is 14.5. The molecule has 0 unspecified atom stereocenters. The van der Waals surface area contributed by atoms with Crippen LogP contribution in [-0.4, -0.2) is 28.3 Å². The lowest BCUT2D eigenvalue weighted by atomic mass is 10.1. The summed E-state index contributed by atoms with van der Waals surface area (Å²) in [4.78, 5) is 43.9. The number of thiophene rings is 1. The molecule has 0 spiro atoms. The molecular formula is C22H17N3O4S. The van der Waals surface area contributed by atoms with Crippen LogP contribution in [0.25, 0.3) is 5.65 Å². The van der Waals surface area contributed by atoms with Crippen LogP contribution in [-0.2, 0) is 11.3 Å². The fourth-order valence-electron chi connectivity index (χ4n) is 3.01. The van der Waals surface area contributed by atoms with Crippen molar-refractivity contribution < 1.29 is 14.3 Å². The average molecular weight is 419 g/mol. The summed E-state index contributed by atoms with van der Waals surface area (Å²) < 4.78 is 6.80. The molecule has 0 bridgehead atoms. The molecule has 4 aromatic rings. The Bertz CT molecular complexity index is 1280. The van der Waals surface area contributed by atoms with Crippen molar-refractivity contribution in [3.05, 3.63) is 98.7 Å². The number of anilines is 1. The smallest absolute Gasteiger partial charge is 0.340 e. The van der Waals surface area contributed by atoms with Crippen LogP contribution in [0.2, 0.25) is 0 Å². The van der Waals surface area contributed by atoms with E-state index < -0.39 is 5.97 Å². The molecule has 7 nitrogen and oxygen atoms in total. The van der Waals surface area contributed by atoms with Gasteiger partial charge in [0.05, 0.1) is 21.8 Å². The second-order valence-corrected chi connectivity index (χ2v) is 7.40. The Hall–Kier alpha value is -3.78. The number of para-hydroxylation sites is 1. The van der Waals surface area contributed by atoms with Gasteiger partial charge in [-0.3, -0.25) is 14.0 Å². The predicted molar refractivity (Wildman–Crippen MR) is 114 cm³/mol. The molecule has 1 aromatic carbocycles. The zero-order valence-electron chi connectivity index (χ0n) is 16.0. The van der Waals surface area contributed by atoms with Crippen LogP contribution in [0.1, 0.15) is 25.7 Å². The highest BCUT2D eigenvalue weighted by Crippen LogP contribution is 2.23. The molecule has 30 heavy (non-hydrogen) atoms. The zero-order valence-corrected chi connectivity index (χ0v) is 16.8. The van der Waals surface area contributed by atoms with Gasteiger partial charge in [-0.15, -0.1) is 11.3 Å². The highest BCUT2D eigenvalue weighted by atomic mass is 32.1. The lowest BCUT2D eigenvalue weighted by Crippen LogP contribution is -2.27. The first-order valence-corrected chi connectivity index (χ1v) is 9.97. The van der Waals surface area contributed by atoms with Crippen molar-refractivity contribution in [1.82, 2.24) is 9.38 Å². The fourth-order valence-corrected chi connectivity index (χ4v) is 3.71. The molecule has 0 fully saturated rings. The van der Waals surface area contributed by atoms with Gasteiger partial charge in [0.15, 0.2) is 0 Å². The van der Waals surface area contributed by atoms with Gasteiger partial charge < -0.3 is 9.64 Å². The van der Waals surface area contributed by atoms with Crippen LogP contribution in [0, 0.1) is 0 Å². The molecule has 150 valence electrons. The highest BCUT2D eigenvalue weighted by molar-refractivity contribution is 7.12. The van der Waals surface area contributed by atoms with E-state index in [9.17, 15) is 14.4 Å². The quantitative estimate of drug-likeness (QED) is 0.463. The number of pyridine rings is 1. The van der Waals surface area contributed by atoms with Crippen LogP contribution < -0.4 is 10.5 Å². The number of ether oxygens (including phenoxy) is 1. The number of carbonyl (C=O) groups is 2. The molecule has 0 aliphatic heterocycles. The molecule has 0 saturated carbocycles. The van der Waals surface area contributed by atoms with E-state index in [4.69, 9.17) is 4.74 Å². The number of rotatable bonds is 5. The van der Waals surface area contributed by atoms with Crippen LogP contribution in [0.15, 0.2) is 77.0 Å². The summed E-state index contributed by atoms with van der Waals surface area (Å²) in [6, 6.07) is 16.8. The third-order valence-corrected chi connectivity index (χ3v) is 5.35. The molecule has 0 N–H and O–H groups in total. The van der Waals surface area contributed by atoms with Crippen molar-refractivity contribution >= 4 is 34.5 Å². The Balaban J connectivity index is 1.55. The lowest BCUT2D eigenvalue weighted by molar-refractivity contribution is 0.0468. The Morgan fingerprint density at radius 3 is 2.70 bits per heavy atom. The van der Waals surface area contributed by atoms with Crippen molar-refractivity contribution in [2.24, 2.45) is 0 Å². The SMILES string of the molecule is CN(C(=O)c1cccs1)c1ccccc1C(=O)OCc1cc(=O)n2ccccc2n1. The van der Waals surface area contributed by atoms with E-state index in [1.807, 2.05) is 5.38 Å². The third kappa shape index (κ3) is 3.85. The lowest BCUT2D eigenvalue weighted by Gasteiger charge is -2.19. The largest absolute Gasteiger partial charge is 0.456 e. The van der Waals surface area contributed by atoms with Gasteiger partial charge in [0, 0.05) is 19.3 Å². The minimum atomic E-state index is -0.605. The first kappa shape index (κ1) is 19.5. The number of amides is 1. The molecule has 0 aliphatic rings. The molecule has 8 heteroatoms. The van der Waals surface area contributed by atoms with Gasteiger partial charge in [-0.2, -0.15) is 0 Å². The summed E-state index contributed by atoms with van der Waals surface area (Å²) >= 11 is 1.33. The summed E-state index contributed by atoms with van der Waals surface area (Å²) in [6.45, 7) is -0.156. The monoisotopic (exact) mass is 419 g/mol. The second-order valence-electron chi connectivity index (χ2n) is 6.45. The molecule has 0 atom stereocenters. The van der Waals surface area contributed by atoms with Gasteiger partial charge >= 0.3 is 5.97 Å². The third-order valence-electron chi connectivity index (χ3n) is 4.50. The molecule has 3 heterocycles. The summed E-state index contributed by atoms with van der Waals surface area (Å²) in [6.07, 6.45) is 1.62. The highest BCUT2D eigenvalue weighted by Gasteiger charge is 2.21. The number of esters is 1. The maximum absolute atomic E-state index is 12.7. The van der Waals surface area contributed by atoms with Crippen LogP contribution in [0.4, 0.5) is 5.69 Å². The molecule has 0 aliphatic carbocycles. The summed E-state index contributed by atoms with van der Waals surface area (Å²) in [5, 5.41) is 1.82. The van der Waals surface area contributed by atoms with Crippen LogP contribution in [0.5, 0.6) is 0 Å². The molecule has 4 rings (SSSR count). The Morgan fingerprint density at radius 1 is 1.10 bits per heavy atom. The normalized spacial score (nSPS) is 10.7. The number of benzene rings is 1. The van der Waals surface area contributed by atoms with E-state index >= 15 is 0 Å². The standard InChI is InChI=1S/C22H17N3O4S/c1-24(21(27)18-9-6-12-30-18)17-8-3-2-7-16(17)22(28)29-14-15-13-20(26)25-11-5-4-10-19(25)23-15/h2-13H,14H2,1H3. The number of carbonyl (C=O) groups excluding carboxylic acids is 2. The van der Waals surface area contributed by atoms with Gasteiger partial charge in [-0.05, 0) is 35.7 Å². The maximum Gasteiger partial charge on any atom is 0.340 e. The van der Waals surface area contributed by atoms with Crippen molar-refractivity contribution in [3.63, 3.8) is 0 Å². The van der Waals surface area contributed by atoms with E-state index in [-0.39, 0.29) is 23.6 Å². The average Bonchev–Trinajstić information content (AvgIpc) is 3.31. The number of hydrogen-bond donors (Lipinski definition) is 0. The Labute approximate surface area is 175 Å². The van der Waals surface area contributed by atoms with E-state index in [1.165, 1.54) is 26.7 Å². The molecule has 1 amide bonds. The molecular weight excluding hydrogens is 402 g/mol. The summed E-state index contributed by atoms with van der Waals surface area (Å²) in [5.41, 5.74) is 1.25. The van der Waals surface area contributed by atoms with Crippen LogP contribution in [0.3, 0.4) is 0 Å². The number of nitrogens with zero attached hydrogens (tertiary/aromatic N) is 3. The Kier molecular flexibility index (Phi) is 5.40. The summed E-state index contributed by atoms with van der Waals surface area (Å²) in [7, 11) is 1.61. The molecule has 3 aromatic heterocycles. The fraction of sp³-hybridized carbons (Fsp3) is 0.0909. The van der Waals surface area contributed by atoms with E-state index in [0.717, 1.165) is 0 Å². The molecule has 0 radical (unpaired) electrons. The van der Waals surface area contributed by atoms with Gasteiger partial charge in [0.1, 0.15) is 12.3 Å². The minimum absolute atomic E-state index is 0.156. The Morgan fingerprint density at radius 2 is 1.90 bits per heavy atom. The van der Waals surface area contributed by atoms with Gasteiger partial charge in [-0.1, -0.05) is 24.3 Å². The molecule has 0 saturated heterocycles. The van der Waals surface area contributed by atoms with Gasteiger partial charge in [0.2, 0.25) is 0 Å². The predicted octanol–water partition coefficient (Wildman–Crippen LogP) is 3.39. The maximum atomic E-state index is 12.7. The summed E-state index contributed by atoms with van der Waals surface area (Å²) in [5.74, 6) is -0.819. The number of fused-ring (bicyclic) bond motifs is 1. The van der Waals surface area contributed by atoms with Crippen molar-refractivity contribution in [3.8, 4) is 0 Å². The van der Waals surface area contributed by atoms with Crippen molar-refractivity contribution in [2.45, 2.75) is 6.61 Å². The van der Waals surface area contributed by atoms with E-state index in [2.05, 4.69) is 4.98 Å². The van der Waals surface area contributed by atoms with Gasteiger partial charge in [-0.25, -0.2) is 9.78 Å². The minimum Gasteiger partial charge on any atom is -0.456 e. The number of hydrogen-bond acceptors (Lipinski definition) is 6. The zero-order chi connectivity index (χ0) is 21.1. The van der Waals surface area contributed by atoms with E-state index in [1.54, 1.807) is 67.8 Å². The van der Waals surface area contributed by atoms with E-state index in [0.29, 0.717) is 21.9 Å². The first-order valence-electron chi connectivity index (χ1n) is 9.09.